The maximum Gasteiger partial charge on any atom is 0.228 e. The first-order chi connectivity index (χ1) is 10.8. The standard InChI is InChI=1S/C15H26O8/c1-4-8-6(2)13(7(3)14(20)21-8)23-15-12(19)11(18)10(17)9(5-16)22-15/h6,8-12,14-20H,4-5H2,1-3H3. The molecular formula is C15H26O8. The summed E-state index contributed by atoms with van der Waals surface area (Å²) in [6.07, 6.45) is -7.44. The molecule has 5 N–H and O–H groups in total. The van der Waals surface area contributed by atoms with Gasteiger partial charge in [-0.15, -0.1) is 0 Å². The Morgan fingerprint density at radius 1 is 1.00 bits per heavy atom. The van der Waals surface area contributed by atoms with E-state index in [0.29, 0.717) is 17.8 Å². The summed E-state index contributed by atoms with van der Waals surface area (Å²) in [7, 11) is 0. The Hall–Kier alpha value is -0.740. The highest BCUT2D eigenvalue weighted by Crippen LogP contribution is 2.34. The van der Waals surface area contributed by atoms with Crippen LogP contribution in [0.2, 0.25) is 0 Å². The number of hydrogen-bond acceptors (Lipinski definition) is 8. The normalized spacial score (nSPS) is 45.2. The van der Waals surface area contributed by atoms with E-state index < -0.39 is 43.6 Å². The highest BCUT2D eigenvalue weighted by Gasteiger charge is 2.46. The molecule has 23 heavy (non-hydrogen) atoms. The van der Waals surface area contributed by atoms with Crippen LogP contribution in [0.5, 0.6) is 0 Å². The zero-order valence-electron chi connectivity index (χ0n) is 13.5. The average Bonchev–Trinajstić information content (AvgIpc) is 2.54. The van der Waals surface area contributed by atoms with Crippen LogP contribution in [0.3, 0.4) is 0 Å². The van der Waals surface area contributed by atoms with Crippen molar-refractivity contribution in [1.29, 1.82) is 0 Å². The smallest absolute Gasteiger partial charge is 0.228 e. The SMILES string of the molecule is CCC1OC(O)C(C)=C(OC2OC(CO)C(O)C(O)C2O)C1C. The molecule has 8 heteroatoms. The second-order valence-corrected chi connectivity index (χ2v) is 6.09. The van der Waals surface area contributed by atoms with Gasteiger partial charge in [-0.3, -0.25) is 0 Å². The third-order valence-electron chi connectivity index (χ3n) is 4.53. The number of ether oxygens (including phenoxy) is 3. The lowest BCUT2D eigenvalue weighted by molar-refractivity contribution is -0.296. The quantitative estimate of drug-likeness (QED) is 0.435. The molecule has 0 spiro atoms. The Bertz CT molecular complexity index is 437. The largest absolute Gasteiger partial charge is 0.466 e. The van der Waals surface area contributed by atoms with Gasteiger partial charge in [-0.1, -0.05) is 13.8 Å². The van der Waals surface area contributed by atoms with Crippen LogP contribution < -0.4 is 0 Å². The summed E-state index contributed by atoms with van der Waals surface area (Å²) in [5.74, 6) is 0.232. The topological polar surface area (TPSA) is 129 Å². The lowest BCUT2D eigenvalue weighted by atomic mass is 9.93. The van der Waals surface area contributed by atoms with Crippen molar-refractivity contribution >= 4 is 0 Å². The van der Waals surface area contributed by atoms with Gasteiger partial charge in [0.05, 0.1) is 12.7 Å². The molecule has 0 aromatic heterocycles. The van der Waals surface area contributed by atoms with Crippen molar-refractivity contribution in [2.45, 2.75) is 70.3 Å². The minimum absolute atomic E-state index is 0.184. The molecule has 134 valence electrons. The van der Waals surface area contributed by atoms with Gasteiger partial charge in [0.25, 0.3) is 0 Å². The van der Waals surface area contributed by atoms with Gasteiger partial charge in [0.15, 0.2) is 6.29 Å². The summed E-state index contributed by atoms with van der Waals surface area (Å²) in [4.78, 5) is 0. The van der Waals surface area contributed by atoms with Crippen LogP contribution in [0.1, 0.15) is 27.2 Å². The Morgan fingerprint density at radius 2 is 1.65 bits per heavy atom. The lowest BCUT2D eigenvalue weighted by Gasteiger charge is -2.42. The minimum Gasteiger partial charge on any atom is -0.466 e. The molecule has 2 rings (SSSR count). The summed E-state index contributed by atoms with van der Waals surface area (Å²) in [6, 6.07) is 0. The highest BCUT2D eigenvalue weighted by atomic mass is 16.7. The molecule has 1 fully saturated rings. The third-order valence-corrected chi connectivity index (χ3v) is 4.53. The van der Waals surface area contributed by atoms with E-state index in [9.17, 15) is 25.5 Å². The summed E-state index contributed by atoms with van der Waals surface area (Å²) in [5.41, 5.74) is 0.458. The van der Waals surface area contributed by atoms with Crippen molar-refractivity contribution in [1.82, 2.24) is 0 Å². The maximum atomic E-state index is 10.1. The molecule has 8 unspecified atom stereocenters. The van der Waals surface area contributed by atoms with Crippen LogP contribution in [0.15, 0.2) is 11.3 Å². The monoisotopic (exact) mass is 334 g/mol. The minimum atomic E-state index is -1.51. The average molecular weight is 334 g/mol. The van der Waals surface area contributed by atoms with E-state index >= 15 is 0 Å². The fourth-order valence-corrected chi connectivity index (χ4v) is 2.98. The van der Waals surface area contributed by atoms with E-state index in [-0.39, 0.29) is 12.0 Å². The zero-order chi connectivity index (χ0) is 17.3. The summed E-state index contributed by atoms with van der Waals surface area (Å²) in [5, 5.41) is 48.8. The van der Waals surface area contributed by atoms with E-state index in [1.807, 2.05) is 13.8 Å². The molecule has 0 aromatic rings. The summed E-state index contributed by atoms with van der Waals surface area (Å²) in [6.45, 7) is 4.90. The van der Waals surface area contributed by atoms with Gasteiger partial charge in [-0.05, 0) is 13.3 Å². The molecule has 1 saturated heterocycles. The van der Waals surface area contributed by atoms with Crippen LogP contribution in [0, 0.1) is 5.92 Å². The maximum absolute atomic E-state index is 10.1. The molecule has 0 saturated carbocycles. The van der Waals surface area contributed by atoms with Crippen molar-refractivity contribution in [3.05, 3.63) is 11.3 Å². The fourth-order valence-electron chi connectivity index (χ4n) is 2.98. The molecular weight excluding hydrogens is 308 g/mol. The van der Waals surface area contributed by atoms with Gasteiger partial charge in [0, 0.05) is 11.5 Å². The summed E-state index contributed by atoms with van der Waals surface area (Å²) < 4.78 is 16.5. The predicted molar refractivity (Wildman–Crippen MR) is 77.9 cm³/mol. The molecule has 0 amide bonds. The molecule has 2 aliphatic rings. The van der Waals surface area contributed by atoms with Crippen LogP contribution in [0.25, 0.3) is 0 Å². The molecule has 2 heterocycles. The molecule has 0 bridgehead atoms. The second kappa shape index (κ2) is 7.43. The van der Waals surface area contributed by atoms with Crippen LogP contribution in [0.4, 0.5) is 0 Å². The third kappa shape index (κ3) is 3.53. The first-order valence-corrected chi connectivity index (χ1v) is 7.83. The van der Waals surface area contributed by atoms with Gasteiger partial charge in [0.2, 0.25) is 6.29 Å². The lowest BCUT2D eigenvalue weighted by Crippen LogP contribution is -2.59. The van der Waals surface area contributed by atoms with Crippen molar-refractivity contribution in [2.24, 2.45) is 5.92 Å². The second-order valence-electron chi connectivity index (χ2n) is 6.09. The van der Waals surface area contributed by atoms with Gasteiger partial charge < -0.3 is 39.7 Å². The van der Waals surface area contributed by atoms with Gasteiger partial charge in [-0.25, -0.2) is 0 Å². The molecule has 8 nitrogen and oxygen atoms in total. The number of rotatable bonds is 4. The van der Waals surface area contributed by atoms with E-state index in [4.69, 9.17) is 14.2 Å². The molecule has 0 radical (unpaired) electrons. The Morgan fingerprint density at radius 3 is 2.22 bits per heavy atom. The predicted octanol–water partition coefficient (Wildman–Crippen LogP) is -1.16. The first kappa shape index (κ1) is 18.6. The Kier molecular flexibility index (Phi) is 6.01. The first-order valence-electron chi connectivity index (χ1n) is 7.83. The van der Waals surface area contributed by atoms with Crippen molar-refractivity contribution in [2.75, 3.05) is 6.61 Å². The van der Waals surface area contributed by atoms with Crippen LogP contribution in [-0.2, 0) is 14.2 Å². The Labute approximate surface area is 134 Å². The molecule has 8 atom stereocenters. The van der Waals surface area contributed by atoms with Crippen molar-refractivity contribution < 1.29 is 39.7 Å². The molecule has 2 aliphatic heterocycles. The van der Waals surface area contributed by atoms with Gasteiger partial charge in [-0.2, -0.15) is 0 Å². The summed E-state index contributed by atoms with van der Waals surface area (Å²) >= 11 is 0. The fraction of sp³-hybridized carbons (Fsp3) is 0.867. The van der Waals surface area contributed by atoms with E-state index in [1.165, 1.54) is 0 Å². The Balaban J connectivity index is 2.20. The van der Waals surface area contributed by atoms with Crippen molar-refractivity contribution in [3.63, 3.8) is 0 Å². The number of aliphatic hydroxyl groups is 5. The number of hydrogen-bond donors (Lipinski definition) is 5. The molecule has 0 aliphatic carbocycles. The van der Waals surface area contributed by atoms with Crippen LogP contribution >= 0.6 is 0 Å². The van der Waals surface area contributed by atoms with E-state index in [1.54, 1.807) is 6.92 Å². The highest BCUT2D eigenvalue weighted by molar-refractivity contribution is 5.16. The van der Waals surface area contributed by atoms with Gasteiger partial charge >= 0.3 is 0 Å². The molecule has 0 aromatic carbocycles. The van der Waals surface area contributed by atoms with E-state index in [0.717, 1.165) is 0 Å². The zero-order valence-corrected chi connectivity index (χ0v) is 13.5. The number of aliphatic hydroxyl groups excluding tert-OH is 5. The van der Waals surface area contributed by atoms with E-state index in [2.05, 4.69) is 0 Å². The van der Waals surface area contributed by atoms with Crippen LogP contribution in [-0.4, -0.2) is 75.2 Å². The van der Waals surface area contributed by atoms with Crippen molar-refractivity contribution in [3.8, 4) is 0 Å². The van der Waals surface area contributed by atoms with Gasteiger partial charge in [0.1, 0.15) is 30.2 Å².